The highest BCUT2D eigenvalue weighted by Gasteiger charge is 2.27. The largest absolute Gasteiger partial charge is 0.383 e. The van der Waals surface area contributed by atoms with E-state index < -0.39 is 17.3 Å². The minimum absolute atomic E-state index is 0.0124. The van der Waals surface area contributed by atoms with E-state index in [4.69, 9.17) is 4.74 Å². The number of hydrogen-bond acceptors (Lipinski definition) is 8. The zero-order chi connectivity index (χ0) is 30.5. The van der Waals surface area contributed by atoms with Gasteiger partial charge in [0.05, 0.1) is 42.5 Å². The summed E-state index contributed by atoms with van der Waals surface area (Å²) in [5.74, 6) is -0.643. The first kappa shape index (κ1) is 30.1. The molecule has 4 heterocycles. The summed E-state index contributed by atoms with van der Waals surface area (Å²) in [7, 11) is 1.62. The first-order valence-electron chi connectivity index (χ1n) is 14.5. The smallest absolute Gasteiger partial charge is 0.355 e. The zero-order valence-corrected chi connectivity index (χ0v) is 24.8. The van der Waals surface area contributed by atoms with Crippen molar-refractivity contribution in [3.05, 3.63) is 76.0 Å². The monoisotopic (exact) mass is 587 g/mol. The highest BCUT2D eigenvalue weighted by Crippen LogP contribution is 2.34. The average molecular weight is 588 g/mol. The molecule has 4 aromatic rings. The molecule has 11 heteroatoms. The number of hydrogen-bond donors (Lipinski definition) is 0. The Kier molecular flexibility index (Phi) is 9.33. The summed E-state index contributed by atoms with van der Waals surface area (Å²) in [5, 5.41) is 0.372. The Morgan fingerprint density at radius 3 is 2.58 bits per heavy atom. The molecule has 1 saturated heterocycles. The number of anilines is 1. The highest BCUT2D eigenvalue weighted by molar-refractivity contribution is 5.90. The molecule has 1 aliphatic heterocycles. The lowest BCUT2D eigenvalue weighted by atomic mass is 9.97. The number of halogens is 2. The normalized spacial score (nSPS) is 13.9. The molecule has 224 valence electrons. The number of ether oxygens (including phenoxy) is 1. The van der Waals surface area contributed by atoms with Crippen molar-refractivity contribution in [2.45, 2.75) is 39.5 Å². The van der Waals surface area contributed by atoms with Gasteiger partial charge in [0, 0.05) is 32.0 Å². The Morgan fingerprint density at radius 2 is 1.86 bits per heavy atom. The number of fused-ring (bicyclic) bond motifs is 1. The van der Waals surface area contributed by atoms with E-state index >= 15 is 4.39 Å². The molecule has 0 aliphatic carbocycles. The number of pyridine rings is 2. The number of nitrogens with zero attached hydrogens (tertiary/aromatic N) is 7. The molecule has 0 radical (unpaired) electrons. The third-order valence-electron chi connectivity index (χ3n) is 7.67. The average Bonchev–Trinajstić information content (AvgIpc) is 2.99. The van der Waals surface area contributed by atoms with Gasteiger partial charge in [-0.2, -0.15) is 4.98 Å². The summed E-state index contributed by atoms with van der Waals surface area (Å²) in [6, 6.07) is 11.7. The molecule has 1 aliphatic rings. The molecular formula is C32H35F2N7O2. The molecule has 0 spiro atoms. The van der Waals surface area contributed by atoms with Gasteiger partial charge in [-0.25, -0.2) is 33.1 Å². The van der Waals surface area contributed by atoms with Crippen LogP contribution in [0.4, 0.5) is 14.6 Å². The Morgan fingerprint density at radius 1 is 1.09 bits per heavy atom. The van der Waals surface area contributed by atoms with Crippen molar-refractivity contribution >= 4 is 22.9 Å². The van der Waals surface area contributed by atoms with Gasteiger partial charge in [-0.3, -0.25) is 4.98 Å². The van der Waals surface area contributed by atoms with Gasteiger partial charge in [0.15, 0.2) is 5.65 Å². The quantitative estimate of drug-likeness (QED) is 0.187. The van der Waals surface area contributed by atoms with Crippen LogP contribution in [-0.4, -0.2) is 65.4 Å². The fourth-order valence-corrected chi connectivity index (χ4v) is 5.41. The predicted molar refractivity (Wildman–Crippen MR) is 164 cm³/mol. The van der Waals surface area contributed by atoms with Crippen molar-refractivity contribution in [1.29, 1.82) is 0 Å². The van der Waals surface area contributed by atoms with Crippen LogP contribution in [0, 0.1) is 24.5 Å². The lowest BCUT2D eigenvalue weighted by molar-refractivity contribution is 0.208. The zero-order valence-electron chi connectivity index (χ0n) is 24.8. The topological polar surface area (TPSA) is 97.9 Å². The predicted octanol–water partition coefficient (Wildman–Crippen LogP) is 5.59. The van der Waals surface area contributed by atoms with Crippen LogP contribution in [0.2, 0.25) is 0 Å². The minimum atomic E-state index is -0.699. The summed E-state index contributed by atoms with van der Waals surface area (Å²) in [6.45, 7) is 8.70. The van der Waals surface area contributed by atoms with Crippen LogP contribution in [0.3, 0.4) is 0 Å². The molecule has 1 fully saturated rings. The second kappa shape index (κ2) is 13.3. The van der Waals surface area contributed by atoms with Crippen LogP contribution < -0.4 is 10.6 Å². The van der Waals surface area contributed by atoms with E-state index in [2.05, 4.69) is 30.9 Å². The van der Waals surface area contributed by atoms with Gasteiger partial charge in [0.25, 0.3) is 0 Å². The molecule has 0 saturated carbocycles. The van der Waals surface area contributed by atoms with E-state index in [1.165, 1.54) is 28.8 Å². The molecular weight excluding hydrogens is 552 g/mol. The van der Waals surface area contributed by atoms with E-state index in [1.807, 2.05) is 31.7 Å². The van der Waals surface area contributed by atoms with Crippen molar-refractivity contribution in [2.24, 2.45) is 15.9 Å². The van der Waals surface area contributed by atoms with E-state index in [0.717, 1.165) is 18.4 Å². The lowest BCUT2D eigenvalue weighted by Crippen LogP contribution is -2.37. The summed E-state index contributed by atoms with van der Waals surface area (Å²) in [6.07, 6.45) is 3.30. The van der Waals surface area contributed by atoms with E-state index in [1.54, 1.807) is 19.4 Å². The number of aliphatic imine (C=N–C) groups is 2. The molecule has 1 aromatic carbocycles. The summed E-state index contributed by atoms with van der Waals surface area (Å²) in [4.78, 5) is 37.9. The maximum atomic E-state index is 15.8. The van der Waals surface area contributed by atoms with Crippen molar-refractivity contribution < 1.29 is 13.5 Å². The highest BCUT2D eigenvalue weighted by atomic mass is 19.1. The first-order valence-corrected chi connectivity index (χ1v) is 14.5. The molecule has 0 amide bonds. The molecule has 9 nitrogen and oxygen atoms in total. The molecule has 0 N–H and O–H groups in total. The second-order valence-corrected chi connectivity index (χ2v) is 11.0. The lowest BCUT2D eigenvalue weighted by Gasteiger charge is -2.32. The standard InChI is InChI=1S/C32H35F2N7O2/c1-20(2)27-29(21(3)9-12-37-27)41-31-24(17-26(34)28(38-31)23-7-5-6-8-25(23)33)30(39-32(41)42)40-14-10-22(11-15-40)18-36-19-35-13-16-43-4/h5-9,12,17,20,22H,10-11,13-16,18H2,1-4H3. The Hall–Kier alpha value is -4.34. The first-order chi connectivity index (χ1) is 20.8. The number of aromatic nitrogens is 4. The van der Waals surface area contributed by atoms with Gasteiger partial charge < -0.3 is 9.64 Å². The van der Waals surface area contributed by atoms with E-state index in [0.29, 0.717) is 61.3 Å². The van der Waals surface area contributed by atoms with Gasteiger partial charge in [0.1, 0.15) is 23.1 Å². The van der Waals surface area contributed by atoms with Gasteiger partial charge in [-0.15, -0.1) is 0 Å². The number of benzene rings is 1. The maximum absolute atomic E-state index is 15.8. The van der Waals surface area contributed by atoms with Gasteiger partial charge in [-0.1, -0.05) is 26.0 Å². The third kappa shape index (κ3) is 6.38. The Labute approximate surface area is 249 Å². The molecule has 0 atom stereocenters. The van der Waals surface area contributed by atoms with Gasteiger partial charge >= 0.3 is 5.69 Å². The van der Waals surface area contributed by atoms with Crippen molar-refractivity contribution in [3.8, 4) is 16.9 Å². The Bertz CT molecular complexity index is 1740. The van der Waals surface area contributed by atoms with Crippen molar-refractivity contribution in [2.75, 3.05) is 44.8 Å². The van der Waals surface area contributed by atoms with Crippen LogP contribution in [0.15, 0.2) is 57.4 Å². The number of piperidine rings is 1. The fourth-order valence-electron chi connectivity index (χ4n) is 5.41. The summed E-state index contributed by atoms with van der Waals surface area (Å²) >= 11 is 0. The van der Waals surface area contributed by atoms with Crippen molar-refractivity contribution in [1.82, 2.24) is 19.5 Å². The van der Waals surface area contributed by atoms with Gasteiger partial charge in [0.2, 0.25) is 0 Å². The van der Waals surface area contributed by atoms with Crippen LogP contribution in [0.5, 0.6) is 0 Å². The molecule has 43 heavy (non-hydrogen) atoms. The molecule has 3 aromatic heterocycles. The van der Waals surface area contributed by atoms with Crippen molar-refractivity contribution in [3.63, 3.8) is 0 Å². The Balaban J connectivity index is 1.61. The number of aryl methyl sites for hydroxylation is 1. The maximum Gasteiger partial charge on any atom is 0.355 e. The molecule has 5 rings (SSSR count). The van der Waals surface area contributed by atoms with E-state index in [9.17, 15) is 9.18 Å². The molecule has 0 unspecified atom stereocenters. The fraction of sp³-hybridized carbons (Fsp3) is 0.406. The van der Waals surface area contributed by atoms with Crippen LogP contribution in [0.1, 0.15) is 43.9 Å². The van der Waals surface area contributed by atoms with Gasteiger partial charge in [-0.05, 0) is 61.4 Å². The SMILES string of the molecule is COCCN=C=NCC1CCN(c2nc(=O)n(-c3c(C)ccnc3C(C)C)c3nc(-c4ccccc4F)c(F)cc23)CC1. The number of methoxy groups -OCH3 is 1. The summed E-state index contributed by atoms with van der Waals surface area (Å²) in [5.41, 5.74) is 1.51. The van der Waals surface area contributed by atoms with Crippen LogP contribution in [0.25, 0.3) is 28.0 Å². The second-order valence-electron chi connectivity index (χ2n) is 11.0. The van der Waals surface area contributed by atoms with Crippen LogP contribution in [-0.2, 0) is 4.74 Å². The molecule has 0 bridgehead atoms. The van der Waals surface area contributed by atoms with Crippen LogP contribution >= 0.6 is 0 Å². The minimum Gasteiger partial charge on any atom is -0.383 e. The third-order valence-corrected chi connectivity index (χ3v) is 7.67. The summed E-state index contributed by atoms with van der Waals surface area (Å²) < 4.78 is 37.0. The number of rotatable bonds is 9. The van der Waals surface area contributed by atoms with E-state index in [-0.39, 0.29) is 22.8 Å².